The van der Waals surface area contributed by atoms with E-state index < -0.39 is 28.0 Å². The molecule has 48 heavy (non-hydrogen) atoms. The van der Waals surface area contributed by atoms with Gasteiger partial charge in [-0.3, -0.25) is 14.4 Å². The molecule has 4 rings (SSSR count). The quantitative estimate of drug-likeness (QED) is 0.358. The number of hydrogen-bond acceptors (Lipinski definition) is 8. The Morgan fingerprint density at radius 3 is 2.33 bits per heavy atom. The normalized spacial score (nSPS) is 19.4. The molecule has 14 heteroatoms. The number of carbonyl (C=O) groups is 3. The Balaban J connectivity index is 1.66. The van der Waals surface area contributed by atoms with E-state index in [4.69, 9.17) is 4.74 Å². The molecule has 13 nitrogen and oxygen atoms in total. The smallest absolute Gasteiger partial charge is 0.246 e. The van der Waals surface area contributed by atoms with Gasteiger partial charge in [0.05, 0.1) is 13.2 Å². The summed E-state index contributed by atoms with van der Waals surface area (Å²) in [6.07, 6.45) is 0.773. The Hall–Kier alpha value is -4.30. The van der Waals surface area contributed by atoms with Crippen molar-refractivity contribution in [1.29, 1.82) is 0 Å². The van der Waals surface area contributed by atoms with Gasteiger partial charge in [0, 0.05) is 32.5 Å². The van der Waals surface area contributed by atoms with Crippen molar-refractivity contribution < 1.29 is 27.5 Å². The highest BCUT2D eigenvalue weighted by Crippen LogP contribution is 2.30. The fourth-order valence-corrected chi connectivity index (χ4v) is 7.37. The van der Waals surface area contributed by atoms with Gasteiger partial charge >= 0.3 is 0 Å². The average Bonchev–Trinajstić information content (AvgIpc) is 3.40. The molecule has 0 radical (unpaired) electrons. The third kappa shape index (κ3) is 9.19. The summed E-state index contributed by atoms with van der Waals surface area (Å²) in [5.74, 6) is -0.110. The highest BCUT2D eigenvalue weighted by molar-refractivity contribution is 7.89. The number of aryl methyl sites for hydroxylation is 3. The summed E-state index contributed by atoms with van der Waals surface area (Å²) in [5.41, 5.74) is 2.55. The van der Waals surface area contributed by atoms with Gasteiger partial charge in [-0.15, -0.1) is 0 Å². The van der Waals surface area contributed by atoms with Gasteiger partial charge in [-0.2, -0.15) is 9.40 Å². The lowest BCUT2D eigenvalue weighted by atomic mass is 10.0. The van der Waals surface area contributed by atoms with E-state index in [2.05, 4.69) is 26.0 Å². The zero-order valence-electron chi connectivity index (χ0n) is 28.6. The topological polar surface area (TPSA) is 165 Å². The summed E-state index contributed by atoms with van der Waals surface area (Å²) < 4.78 is 36.3. The molecule has 3 aromatic rings. The lowest BCUT2D eigenvalue weighted by Crippen LogP contribution is -2.50. The molecule has 3 N–H and O–H groups in total. The van der Waals surface area contributed by atoms with Crippen LogP contribution < -0.4 is 20.7 Å². The molecule has 1 aliphatic rings. The molecular weight excluding hydrogens is 634 g/mol. The van der Waals surface area contributed by atoms with Crippen molar-refractivity contribution in [3.63, 3.8) is 0 Å². The maximum absolute atomic E-state index is 14.0. The van der Waals surface area contributed by atoms with Crippen molar-refractivity contribution in [3.05, 3.63) is 70.8 Å². The van der Waals surface area contributed by atoms with Crippen LogP contribution in [-0.2, 0) is 37.4 Å². The van der Waals surface area contributed by atoms with Crippen LogP contribution in [0.3, 0.4) is 0 Å². The van der Waals surface area contributed by atoms with Gasteiger partial charge in [0.2, 0.25) is 27.7 Å². The third-order valence-corrected chi connectivity index (χ3v) is 10.3. The number of nitrogens with one attached hydrogen (secondary N) is 3. The van der Waals surface area contributed by atoms with Crippen molar-refractivity contribution >= 4 is 27.7 Å². The summed E-state index contributed by atoms with van der Waals surface area (Å²) in [5, 5.41) is 13.2. The highest BCUT2D eigenvalue weighted by Gasteiger charge is 2.31. The molecule has 0 bridgehead atoms. The van der Waals surface area contributed by atoms with Crippen LogP contribution in [0.5, 0.6) is 5.75 Å². The number of carbonyl (C=O) groups excluding carboxylic acids is 3. The van der Waals surface area contributed by atoms with Crippen LogP contribution >= 0.6 is 0 Å². The molecule has 260 valence electrons. The van der Waals surface area contributed by atoms with Crippen molar-refractivity contribution in [2.24, 2.45) is 5.92 Å². The minimum atomic E-state index is -4.04. The minimum absolute atomic E-state index is 0.00742. The maximum Gasteiger partial charge on any atom is 0.246 e. The fourth-order valence-electron chi connectivity index (χ4n) is 5.63. The second-order valence-electron chi connectivity index (χ2n) is 12.5. The number of methoxy groups -OCH3 is 1. The zero-order chi connectivity index (χ0) is 35.0. The summed E-state index contributed by atoms with van der Waals surface area (Å²) in [6, 6.07) is 11.2. The summed E-state index contributed by atoms with van der Waals surface area (Å²) in [4.78, 5) is 44.8. The van der Waals surface area contributed by atoms with Crippen molar-refractivity contribution in [3.8, 4) is 5.75 Å². The maximum atomic E-state index is 14.0. The first-order chi connectivity index (χ1) is 22.8. The number of rotatable bonds is 6. The number of hydrogen-bond donors (Lipinski definition) is 3. The lowest BCUT2D eigenvalue weighted by Gasteiger charge is -2.26. The number of ether oxygens (including phenoxy) is 1. The summed E-state index contributed by atoms with van der Waals surface area (Å²) in [7, 11) is -2.61. The molecule has 0 unspecified atom stereocenters. The SMILES string of the molecule is COc1cc(C)c(C)cc1S(=O)(=O)N1CCCNC(=O)Cn2nc(C)nc2[C@H](C(C)C)NC(=O)[C@@H](Cc2ccccc2)NC(=O)CCC1. The number of amides is 3. The predicted octanol–water partition coefficient (Wildman–Crippen LogP) is 2.74. The number of benzene rings is 2. The molecule has 0 spiro atoms. The van der Waals surface area contributed by atoms with Gasteiger partial charge in [-0.1, -0.05) is 44.2 Å². The standard InChI is InChI=1S/C34H47N7O6S/c1-22(2)32-33-36-25(5)39-41(33)21-31(43)35-15-11-17-40(48(45,46)29-19-24(4)23(3)18-28(29)47-6)16-10-14-30(42)37-27(34(44)38-32)20-26-12-8-7-9-13-26/h7-9,12-13,18-19,22,27,32H,10-11,14-17,20-21H2,1-6H3,(H,35,43)(H,37,42)(H,38,44)/t27-,32+/m1/s1. The Kier molecular flexibility index (Phi) is 12.3. The van der Waals surface area contributed by atoms with E-state index in [1.165, 1.54) is 16.1 Å². The molecule has 0 saturated heterocycles. The predicted molar refractivity (Wildman–Crippen MR) is 181 cm³/mol. The Morgan fingerprint density at radius 2 is 1.65 bits per heavy atom. The second kappa shape index (κ2) is 16.2. The molecule has 1 aromatic heterocycles. The van der Waals surface area contributed by atoms with E-state index >= 15 is 0 Å². The largest absolute Gasteiger partial charge is 0.495 e. The van der Waals surface area contributed by atoms with Crippen LogP contribution in [0.15, 0.2) is 47.4 Å². The van der Waals surface area contributed by atoms with Gasteiger partial charge in [0.1, 0.15) is 29.1 Å². The van der Waals surface area contributed by atoms with E-state index in [-0.39, 0.29) is 73.8 Å². The molecule has 3 amide bonds. The van der Waals surface area contributed by atoms with E-state index in [1.807, 2.05) is 58.0 Å². The van der Waals surface area contributed by atoms with Crippen LogP contribution in [0.25, 0.3) is 0 Å². The average molecular weight is 682 g/mol. The molecule has 2 aromatic carbocycles. The van der Waals surface area contributed by atoms with E-state index in [0.29, 0.717) is 18.1 Å². The van der Waals surface area contributed by atoms with Gasteiger partial charge in [0.15, 0.2) is 5.82 Å². The van der Waals surface area contributed by atoms with E-state index in [9.17, 15) is 22.8 Å². The van der Waals surface area contributed by atoms with Gasteiger partial charge in [-0.25, -0.2) is 18.1 Å². The van der Waals surface area contributed by atoms with Crippen molar-refractivity contribution in [2.45, 2.75) is 83.8 Å². The molecular formula is C34H47N7O6S. The van der Waals surface area contributed by atoms with Gasteiger partial charge < -0.3 is 20.7 Å². The van der Waals surface area contributed by atoms with Gasteiger partial charge in [-0.05, 0) is 68.4 Å². The minimum Gasteiger partial charge on any atom is -0.495 e. The Bertz CT molecular complexity index is 1710. The monoisotopic (exact) mass is 681 g/mol. The van der Waals surface area contributed by atoms with Crippen LogP contribution in [0.1, 0.15) is 67.5 Å². The first kappa shape index (κ1) is 36.5. The zero-order valence-corrected chi connectivity index (χ0v) is 29.4. The van der Waals surface area contributed by atoms with Crippen LogP contribution in [0.2, 0.25) is 0 Å². The fraction of sp³-hybridized carbons (Fsp3) is 0.500. The number of aromatic nitrogens is 3. The van der Waals surface area contributed by atoms with E-state index in [0.717, 1.165) is 16.7 Å². The van der Waals surface area contributed by atoms with Crippen LogP contribution in [0, 0.1) is 26.7 Å². The van der Waals surface area contributed by atoms with Crippen molar-refractivity contribution in [1.82, 2.24) is 35.0 Å². The first-order valence-corrected chi connectivity index (χ1v) is 17.7. The molecule has 2 heterocycles. The highest BCUT2D eigenvalue weighted by atomic mass is 32.2. The van der Waals surface area contributed by atoms with Crippen LogP contribution in [0.4, 0.5) is 0 Å². The summed E-state index contributed by atoms with van der Waals surface area (Å²) >= 11 is 0. The van der Waals surface area contributed by atoms with Crippen molar-refractivity contribution in [2.75, 3.05) is 26.7 Å². The van der Waals surface area contributed by atoms with E-state index in [1.54, 1.807) is 19.1 Å². The second-order valence-corrected chi connectivity index (χ2v) is 14.4. The number of fused-ring (bicyclic) bond motifs is 1. The lowest BCUT2D eigenvalue weighted by molar-refractivity contribution is -0.129. The molecule has 0 fully saturated rings. The molecule has 0 aliphatic carbocycles. The Labute approximate surface area is 282 Å². The number of sulfonamides is 1. The third-order valence-electron chi connectivity index (χ3n) is 8.39. The number of nitrogens with zero attached hydrogens (tertiary/aromatic N) is 4. The van der Waals surface area contributed by atoms with Gasteiger partial charge in [0.25, 0.3) is 0 Å². The Morgan fingerprint density at radius 1 is 0.958 bits per heavy atom. The van der Waals surface area contributed by atoms with Crippen LogP contribution in [-0.4, -0.2) is 78.0 Å². The molecule has 0 saturated carbocycles. The first-order valence-electron chi connectivity index (χ1n) is 16.3. The molecule has 2 atom stereocenters. The summed E-state index contributed by atoms with van der Waals surface area (Å²) in [6.45, 7) is 9.52. The molecule has 1 aliphatic heterocycles.